The molecule has 0 saturated carbocycles. The van der Waals surface area contributed by atoms with Crippen molar-refractivity contribution in [3.8, 4) is 33.4 Å². The van der Waals surface area contributed by atoms with Crippen molar-refractivity contribution in [1.82, 2.24) is 0 Å². The predicted octanol–water partition coefficient (Wildman–Crippen LogP) is 15.5. The highest BCUT2D eigenvalue weighted by Gasteiger charge is 2.18. The Bertz CT molecular complexity index is 3230. The van der Waals surface area contributed by atoms with Gasteiger partial charge in [0.25, 0.3) is 0 Å². The van der Waals surface area contributed by atoms with Crippen LogP contribution in [0.1, 0.15) is 0 Å². The van der Waals surface area contributed by atoms with E-state index in [-0.39, 0.29) is 0 Å². The number of benzene rings is 10. The Morgan fingerprint density at radius 2 is 0.857 bits per heavy atom. The van der Waals surface area contributed by atoms with Crippen LogP contribution in [0.15, 0.2) is 217 Å². The van der Waals surface area contributed by atoms with E-state index in [0.29, 0.717) is 0 Å². The second-order valence-corrected chi connectivity index (χ2v) is 14.5. The van der Waals surface area contributed by atoms with Crippen molar-refractivity contribution in [1.29, 1.82) is 0 Å². The van der Waals surface area contributed by atoms with Crippen molar-refractivity contribution >= 4 is 71.3 Å². The first-order chi connectivity index (χ1) is 27.7. The lowest BCUT2D eigenvalue weighted by molar-refractivity contribution is 0.672. The van der Waals surface area contributed by atoms with Gasteiger partial charge in [0, 0.05) is 39.3 Å². The molecule has 56 heavy (non-hydrogen) atoms. The minimum absolute atomic E-state index is 0.868. The summed E-state index contributed by atoms with van der Waals surface area (Å²) >= 11 is 0. The average Bonchev–Trinajstić information content (AvgIpc) is 3.66. The van der Waals surface area contributed by atoms with Crippen LogP contribution >= 0.6 is 0 Å². The van der Waals surface area contributed by atoms with Crippen LogP contribution < -0.4 is 4.90 Å². The van der Waals surface area contributed by atoms with Crippen LogP contribution in [0.3, 0.4) is 0 Å². The molecule has 0 saturated heterocycles. The van der Waals surface area contributed by atoms with E-state index in [1.807, 2.05) is 0 Å². The van der Waals surface area contributed by atoms with Gasteiger partial charge >= 0.3 is 0 Å². The molecule has 0 aliphatic rings. The van der Waals surface area contributed by atoms with Crippen molar-refractivity contribution in [3.05, 3.63) is 212 Å². The molecular weight excluding hydrogens is 679 g/mol. The SMILES string of the molecule is c1ccc(-c2ccc(N(c3cccc(-c4ccc(-c5cc6ccccc6c6ccccc56)cc4)c3)c3ccc4c(c3)oc3c5ccccc5ccc43)cc2)cc1. The van der Waals surface area contributed by atoms with Gasteiger partial charge in [-0.05, 0) is 109 Å². The Morgan fingerprint density at radius 1 is 0.286 bits per heavy atom. The maximum atomic E-state index is 6.67. The lowest BCUT2D eigenvalue weighted by Gasteiger charge is -2.26. The molecular formula is C54H35NO. The summed E-state index contributed by atoms with van der Waals surface area (Å²) in [6.45, 7) is 0. The van der Waals surface area contributed by atoms with Crippen LogP contribution in [0.2, 0.25) is 0 Å². The highest BCUT2D eigenvalue weighted by atomic mass is 16.3. The molecule has 11 aromatic rings. The first-order valence-corrected chi connectivity index (χ1v) is 19.2. The van der Waals surface area contributed by atoms with Gasteiger partial charge < -0.3 is 9.32 Å². The third kappa shape index (κ3) is 5.42. The number of nitrogens with zero attached hydrogens (tertiary/aromatic N) is 1. The molecule has 10 aromatic carbocycles. The molecule has 1 heterocycles. The van der Waals surface area contributed by atoms with Crippen molar-refractivity contribution in [2.75, 3.05) is 4.90 Å². The third-order valence-corrected chi connectivity index (χ3v) is 11.2. The number of hydrogen-bond donors (Lipinski definition) is 0. The van der Waals surface area contributed by atoms with E-state index in [2.05, 4.69) is 217 Å². The number of fused-ring (bicyclic) bond motifs is 8. The van der Waals surface area contributed by atoms with Crippen LogP contribution in [-0.2, 0) is 0 Å². The first-order valence-electron chi connectivity index (χ1n) is 19.2. The van der Waals surface area contributed by atoms with E-state index in [1.54, 1.807) is 0 Å². The Morgan fingerprint density at radius 3 is 1.68 bits per heavy atom. The molecule has 0 spiro atoms. The summed E-state index contributed by atoms with van der Waals surface area (Å²) < 4.78 is 6.67. The van der Waals surface area contributed by atoms with Crippen molar-refractivity contribution < 1.29 is 4.42 Å². The quantitative estimate of drug-likeness (QED) is 0.160. The fraction of sp³-hybridized carbons (Fsp3) is 0. The zero-order valence-electron chi connectivity index (χ0n) is 30.6. The Hall–Kier alpha value is -7.42. The van der Waals surface area contributed by atoms with E-state index in [9.17, 15) is 0 Å². The van der Waals surface area contributed by atoms with E-state index in [0.717, 1.165) is 50.0 Å². The summed E-state index contributed by atoms with van der Waals surface area (Å²) in [7, 11) is 0. The van der Waals surface area contributed by atoms with Crippen molar-refractivity contribution in [3.63, 3.8) is 0 Å². The van der Waals surface area contributed by atoms with Crippen LogP contribution in [0.4, 0.5) is 17.1 Å². The second-order valence-electron chi connectivity index (χ2n) is 14.5. The summed E-state index contributed by atoms with van der Waals surface area (Å²) in [5.74, 6) is 0. The fourth-order valence-electron chi connectivity index (χ4n) is 8.47. The summed E-state index contributed by atoms with van der Waals surface area (Å²) in [5.41, 5.74) is 12.1. The van der Waals surface area contributed by atoms with Gasteiger partial charge in [-0.2, -0.15) is 0 Å². The molecule has 0 aliphatic heterocycles. The average molecular weight is 714 g/mol. The lowest BCUT2D eigenvalue weighted by atomic mass is 9.92. The first kappa shape index (κ1) is 32.0. The van der Waals surface area contributed by atoms with Crippen LogP contribution in [0.5, 0.6) is 0 Å². The molecule has 262 valence electrons. The summed E-state index contributed by atoms with van der Waals surface area (Å²) in [4.78, 5) is 2.33. The second kappa shape index (κ2) is 13.2. The molecule has 0 aliphatic carbocycles. The largest absolute Gasteiger partial charge is 0.455 e. The van der Waals surface area contributed by atoms with Crippen molar-refractivity contribution in [2.45, 2.75) is 0 Å². The minimum Gasteiger partial charge on any atom is -0.455 e. The zero-order valence-corrected chi connectivity index (χ0v) is 30.6. The maximum Gasteiger partial charge on any atom is 0.143 e. The standard InChI is InChI=1S/C54H35NO/c1-2-11-36(12-3-1)37-25-28-43(29-26-37)55(45-30-32-50-51-31-27-39-13-4-7-18-47(39)54(51)56-53(50)35-45)44-16-10-15-41(33-44)38-21-23-40(24-22-38)52-34-42-14-5-6-17-46(42)48-19-8-9-20-49(48)52/h1-35H. The highest BCUT2D eigenvalue weighted by Crippen LogP contribution is 2.42. The van der Waals surface area contributed by atoms with Gasteiger partial charge in [0.05, 0.1) is 0 Å². The Balaban J connectivity index is 1.01. The Kier molecular flexibility index (Phi) is 7.53. The van der Waals surface area contributed by atoms with Gasteiger partial charge in [0.15, 0.2) is 0 Å². The molecule has 0 amide bonds. The van der Waals surface area contributed by atoms with Gasteiger partial charge in [-0.25, -0.2) is 0 Å². The van der Waals surface area contributed by atoms with Gasteiger partial charge in [0.1, 0.15) is 11.2 Å². The van der Waals surface area contributed by atoms with Gasteiger partial charge in [-0.3, -0.25) is 0 Å². The molecule has 0 fully saturated rings. The van der Waals surface area contributed by atoms with Crippen LogP contribution in [0, 0.1) is 0 Å². The molecule has 2 nitrogen and oxygen atoms in total. The molecule has 1 aromatic heterocycles. The Labute approximate surface area is 325 Å². The smallest absolute Gasteiger partial charge is 0.143 e. The third-order valence-electron chi connectivity index (χ3n) is 11.2. The lowest BCUT2D eigenvalue weighted by Crippen LogP contribution is -2.10. The minimum atomic E-state index is 0.868. The molecule has 0 radical (unpaired) electrons. The summed E-state index contributed by atoms with van der Waals surface area (Å²) in [6.07, 6.45) is 0. The topological polar surface area (TPSA) is 16.4 Å². The maximum absolute atomic E-state index is 6.67. The number of hydrogen-bond acceptors (Lipinski definition) is 2. The summed E-state index contributed by atoms with van der Waals surface area (Å²) in [5, 5.41) is 9.64. The molecule has 2 heteroatoms. The molecule has 0 atom stereocenters. The predicted molar refractivity (Wildman–Crippen MR) is 237 cm³/mol. The normalized spacial score (nSPS) is 11.6. The molecule has 0 unspecified atom stereocenters. The van der Waals surface area contributed by atoms with E-state index in [1.165, 1.54) is 54.7 Å². The van der Waals surface area contributed by atoms with Gasteiger partial charge in [0.2, 0.25) is 0 Å². The van der Waals surface area contributed by atoms with Gasteiger partial charge in [-0.1, -0.05) is 158 Å². The number of rotatable bonds is 6. The van der Waals surface area contributed by atoms with Crippen molar-refractivity contribution in [2.24, 2.45) is 0 Å². The molecule has 11 rings (SSSR count). The van der Waals surface area contributed by atoms with Crippen LogP contribution in [0.25, 0.3) is 87.6 Å². The summed E-state index contributed by atoms with van der Waals surface area (Å²) in [6, 6.07) is 76.4. The fourth-order valence-corrected chi connectivity index (χ4v) is 8.47. The van der Waals surface area contributed by atoms with E-state index < -0.39 is 0 Å². The van der Waals surface area contributed by atoms with Gasteiger partial charge in [-0.15, -0.1) is 0 Å². The van der Waals surface area contributed by atoms with Crippen LogP contribution in [-0.4, -0.2) is 0 Å². The highest BCUT2D eigenvalue weighted by molar-refractivity contribution is 6.16. The number of anilines is 3. The molecule has 0 bridgehead atoms. The monoisotopic (exact) mass is 713 g/mol. The van der Waals surface area contributed by atoms with E-state index >= 15 is 0 Å². The molecule has 0 N–H and O–H groups in total. The number of furan rings is 1. The zero-order chi connectivity index (χ0) is 37.0. The van der Waals surface area contributed by atoms with E-state index in [4.69, 9.17) is 4.42 Å².